The maximum Gasteiger partial charge on any atom is 0.0534 e. The number of aryl methyl sites for hydroxylation is 1. The lowest BCUT2D eigenvalue weighted by Crippen LogP contribution is -2.53. The first-order chi connectivity index (χ1) is 9.20. The van der Waals surface area contributed by atoms with Gasteiger partial charge in [-0.15, -0.1) is 0 Å². The first-order valence-corrected chi connectivity index (χ1v) is 7.63. The van der Waals surface area contributed by atoms with Crippen LogP contribution in [0.1, 0.15) is 51.0 Å². The monoisotopic (exact) mass is 264 g/mol. The van der Waals surface area contributed by atoms with E-state index in [1.54, 1.807) is 0 Å². The van der Waals surface area contributed by atoms with Crippen molar-refractivity contribution in [1.29, 1.82) is 0 Å². The molecule has 0 atom stereocenters. The molecule has 0 saturated heterocycles. The van der Waals surface area contributed by atoms with Crippen molar-refractivity contribution in [2.45, 2.75) is 57.5 Å². The van der Waals surface area contributed by atoms with Gasteiger partial charge in [0.05, 0.1) is 6.20 Å². The van der Waals surface area contributed by atoms with E-state index in [2.05, 4.69) is 23.1 Å². The van der Waals surface area contributed by atoms with Crippen molar-refractivity contribution in [3.63, 3.8) is 0 Å². The zero-order valence-electron chi connectivity index (χ0n) is 12.4. The first-order valence-electron chi connectivity index (χ1n) is 7.63. The molecular weight excluding hydrogens is 236 g/mol. The van der Waals surface area contributed by atoms with Gasteiger partial charge in [-0.25, -0.2) is 0 Å². The molecule has 1 aliphatic rings. The Labute approximate surface area is 117 Å². The van der Waals surface area contributed by atoms with Crippen molar-refractivity contribution in [2.75, 3.05) is 13.1 Å². The van der Waals surface area contributed by atoms with Gasteiger partial charge in [0, 0.05) is 37.4 Å². The Kier molecular flexibility index (Phi) is 4.99. The van der Waals surface area contributed by atoms with Gasteiger partial charge in [-0.3, -0.25) is 9.58 Å². The molecule has 0 bridgehead atoms. The largest absolute Gasteiger partial charge is 0.329 e. The summed E-state index contributed by atoms with van der Waals surface area (Å²) in [7, 11) is 1.98. The van der Waals surface area contributed by atoms with E-state index in [9.17, 15) is 0 Å². The van der Waals surface area contributed by atoms with Gasteiger partial charge in [0.15, 0.2) is 0 Å². The molecule has 1 fully saturated rings. The molecule has 0 radical (unpaired) electrons. The molecule has 0 aliphatic heterocycles. The van der Waals surface area contributed by atoms with Crippen molar-refractivity contribution in [3.05, 3.63) is 18.0 Å². The normalized spacial score (nSPS) is 19.6. The fourth-order valence-corrected chi connectivity index (χ4v) is 3.42. The summed E-state index contributed by atoms with van der Waals surface area (Å²) < 4.78 is 1.88. The molecule has 1 aromatic rings. The Morgan fingerprint density at radius 1 is 1.32 bits per heavy atom. The molecule has 4 heteroatoms. The molecule has 0 spiro atoms. The number of hydrogen-bond acceptors (Lipinski definition) is 3. The van der Waals surface area contributed by atoms with E-state index in [1.165, 1.54) is 44.1 Å². The molecule has 19 heavy (non-hydrogen) atoms. The molecule has 0 aromatic carbocycles. The van der Waals surface area contributed by atoms with E-state index in [0.29, 0.717) is 0 Å². The maximum absolute atomic E-state index is 6.18. The standard InChI is InChI=1S/C15H28N4/c1-3-19(12-14-10-17-18(2)11-14)15(13-16)8-6-4-5-7-9-15/h10-11H,3-9,12-13,16H2,1-2H3. The number of nitrogens with zero attached hydrogens (tertiary/aromatic N) is 3. The van der Waals surface area contributed by atoms with Crippen LogP contribution in [0.25, 0.3) is 0 Å². The van der Waals surface area contributed by atoms with Gasteiger partial charge in [-0.05, 0) is 19.4 Å². The molecule has 1 saturated carbocycles. The van der Waals surface area contributed by atoms with Crippen LogP contribution in [0.3, 0.4) is 0 Å². The van der Waals surface area contributed by atoms with Crippen molar-refractivity contribution < 1.29 is 0 Å². The van der Waals surface area contributed by atoms with Gasteiger partial charge in [0.25, 0.3) is 0 Å². The van der Waals surface area contributed by atoms with Crippen LogP contribution in [0.4, 0.5) is 0 Å². The van der Waals surface area contributed by atoms with E-state index in [4.69, 9.17) is 5.73 Å². The van der Waals surface area contributed by atoms with Gasteiger partial charge in [0.1, 0.15) is 0 Å². The highest BCUT2D eigenvalue weighted by molar-refractivity contribution is 5.06. The van der Waals surface area contributed by atoms with E-state index < -0.39 is 0 Å². The third-order valence-corrected chi connectivity index (χ3v) is 4.60. The number of rotatable bonds is 5. The highest BCUT2D eigenvalue weighted by Gasteiger charge is 2.34. The molecule has 1 aromatic heterocycles. The minimum absolute atomic E-state index is 0.209. The summed E-state index contributed by atoms with van der Waals surface area (Å²) in [6.45, 7) is 5.06. The molecular formula is C15H28N4. The zero-order valence-corrected chi connectivity index (χ0v) is 12.4. The summed E-state index contributed by atoms with van der Waals surface area (Å²) in [6.07, 6.45) is 12.0. The highest BCUT2D eigenvalue weighted by atomic mass is 15.3. The summed E-state index contributed by atoms with van der Waals surface area (Å²) >= 11 is 0. The van der Waals surface area contributed by atoms with E-state index in [0.717, 1.165) is 19.6 Å². The van der Waals surface area contributed by atoms with E-state index >= 15 is 0 Å². The van der Waals surface area contributed by atoms with Crippen LogP contribution in [-0.4, -0.2) is 33.3 Å². The van der Waals surface area contributed by atoms with Crippen LogP contribution in [0, 0.1) is 0 Å². The van der Waals surface area contributed by atoms with Gasteiger partial charge < -0.3 is 5.73 Å². The van der Waals surface area contributed by atoms with E-state index in [-0.39, 0.29) is 5.54 Å². The minimum Gasteiger partial charge on any atom is -0.329 e. The second-order valence-corrected chi connectivity index (χ2v) is 5.88. The summed E-state index contributed by atoms with van der Waals surface area (Å²) in [5.41, 5.74) is 7.68. The molecule has 1 heterocycles. The van der Waals surface area contributed by atoms with Crippen molar-refractivity contribution in [1.82, 2.24) is 14.7 Å². The smallest absolute Gasteiger partial charge is 0.0534 e. The Morgan fingerprint density at radius 2 is 2.00 bits per heavy atom. The predicted octanol–water partition coefficient (Wildman–Crippen LogP) is 2.29. The van der Waals surface area contributed by atoms with Gasteiger partial charge in [-0.1, -0.05) is 32.6 Å². The van der Waals surface area contributed by atoms with E-state index in [1.807, 2.05) is 17.9 Å². The predicted molar refractivity (Wildman–Crippen MR) is 78.8 cm³/mol. The van der Waals surface area contributed by atoms with Crippen LogP contribution in [0.15, 0.2) is 12.4 Å². The van der Waals surface area contributed by atoms with Crippen LogP contribution in [-0.2, 0) is 13.6 Å². The topological polar surface area (TPSA) is 47.1 Å². The summed E-state index contributed by atoms with van der Waals surface area (Å²) in [6, 6.07) is 0. The van der Waals surface area contributed by atoms with Gasteiger partial charge in [-0.2, -0.15) is 5.10 Å². The second-order valence-electron chi connectivity index (χ2n) is 5.88. The molecule has 1 aliphatic carbocycles. The number of likely N-dealkylation sites (N-methyl/N-ethyl adjacent to an activating group) is 1. The Morgan fingerprint density at radius 3 is 2.47 bits per heavy atom. The molecule has 0 amide bonds. The second kappa shape index (κ2) is 6.53. The number of nitrogens with two attached hydrogens (primary N) is 1. The summed E-state index contributed by atoms with van der Waals surface area (Å²) in [5, 5.41) is 4.27. The van der Waals surface area contributed by atoms with Crippen LogP contribution < -0.4 is 5.73 Å². The highest BCUT2D eigenvalue weighted by Crippen LogP contribution is 2.32. The Balaban J connectivity index is 2.12. The average molecular weight is 264 g/mol. The number of hydrogen-bond donors (Lipinski definition) is 1. The van der Waals surface area contributed by atoms with Crippen molar-refractivity contribution >= 4 is 0 Å². The summed E-state index contributed by atoms with van der Waals surface area (Å²) in [5.74, 6) is 0. The summed E-state index contributed by atoms with van der Waals surface area (Å²) in [4.78, 5) is 2.58. The van der Waals surface area contributed by atoms with Gasteiger partial charge in [0.2, 0.25) is 0 Å². The number of aromatic nitrogens is 2. The molecule has 4 nitrogen and oxygen atoms in total. The Hall–Kier alpha value is -0.870. The van der Waals surface area contributed by atoms with Crippen molar-refractivity contribution in [3.8, 4) is 0 Å². The first kappa shape index (κ1) is 14.5. The quantitative estimate of drug-likeness (QED) is 0.830. The molecule has 108 valence electrons. The van der Waals surface area contributed by atoms with Crippen LogP contribution in [0.5, 0.6) is 0 Å². The maximum atomic E-state index is 6.18. The van der Waals surface area contributed by atoms with Gasteiger partial charge >= 0.3 is 0 Å². The van der Waals surface area contributed by atoms with Crippen LogP contribution in [0.2, 0.25) is 0 Å². The molecule has 2 N–H and O–H groups in total. The zero-order chi connectivity index (χ0) is 13.7. The fourth-order valence-electron chi connectivity index (χ4n) is 3.42. The lowest BCUT2D eigenvalue weighted by molar-refractivity contribution is 0.0756. The van der Waals surface area contributed by atoms with Crippen LogP contribution >= 0.6 is 0 Å². The minimum atomic E-state index is 0.209. The molecule has 2 rings (SSSR count). The average Bonchev–Trinajstić information content (AvgIpc) is 2.69. The lowest BCUT2D eigenvalue weighted by atomic mass is 9.87. The fraction of sp³-hybridized carbons (Fsp3) is 0.800. The molecule has 0 unspecified atom stereocenters. The SMILES string of the molecule is CCN(Cc1cnn(C)c1)C1(CN)CCCCCC1. The third-order valence-electron chi connectivity index (χ3n) is 4.60. The Bertz CT molecular complexity index is 377. The third kappa shape index (κ3) is 3.37. The van der Waals surface area contributed by atoms with Crippen molar-refractivity contribution in [2.24, 2.45) is 12.8 Å². The lowest BCUT2D eigenvalue weighted by Gasteiger charge is -2.42.